The van der Waals surface area contributed by atoms with E-state index < -0.39 is 16.6 Å². The number of hydrogen-bond acceptors (Lipinski definition) is 6. The highest BCUT2D eigenvalue weighted by Gasteiger charge is 2.17. The van der Waals surface area contributed by atoms with E-state index in [2.05, 4.69) is 4.98 Å². The molecule has 2 aromatic carbocycles. The van der Waals surface area contributed by atoms with E-state index in [0.29, 0.717) is 5.75 Å². The zero-order valence-corrected chi connectivity index (χ0v) is 16.0. The van der Waals surface area contributed by atoms with Crippen molar-refractivity contribution in [3.63, 3.8) is 0 Å². The summed E-state index contributed by atoms with van der Waals surface area (Å²) in [6, 6.07) is 8.11. The molecule has 0 bridgehead atoms. The number of ether oxygens (including phenoxy) is 1. The van der Waals surface area contributed by atoms with Crippen molar-refractivity contribution in [2.75, 3.05) is 6.61 Å². The molecule has 1 aromatic heterocycles. The van der Waals surface area contributed by atoms with E-state index >= 15 is 0 Å². The summed E-state index contributed by atoms with van der Waals surface area (Å²) in [6.07, 6.45) is 0.299. The van der Waals surface area contributed by atoms with Crippen molar-refractivity contribution in [3.05, 3.63) is 73.3 Å². The van der Waals surface area contributed by atoms with Gasteiger partial charge in [0, 0.05) is 6.07 Å². The van der Waals surface area contributed by atoms with Crippen molar-refractivity contribution >= 4 is 28.2 Å². The molecule has 0 saturated carbocycles. The van der Waals surface area contributed by atoms with Crippen LogP contribution in [0.25, 0.3) is 10.9 Å². The lowest BCUT2D eigenvalue weighted by molar-refractivity contribution is -0.384. The molecule has 1 unspecified atom stereocenters. The molecule has 1 N–H and O–H groups in total. The fourth-order valence-electron chi connectivity index (χ4n) is 2.92. The zero-order valence-electron chi connectivity index (χ0n) is 15.3. The minimum Gasteiger partial charge on any atom is -0.490 e. The van der Waals surface area contributed by atoms with Crippen molar-refractivity contribution in [2.45, 2.75) is 26.5 Å². The number of nitro benzene ring substituents is 1. The molecule has 0 aliphatic rings. The van der Waals surface area contributed by atoms with Crippen LogP contribution < -0.4 is 10.3 Å². The molecule has 0 radical (unpaired) electrons. The molecule has 146 valence electrons. The Bertz CT molecular complexity index is 1090. The molecule has 8 nitrogen and oxygen atoms in total. The van der Waals surface area contributed by atoms with Crippen molar-refractivity contribution in [1.82, 2.24) is 9.55 Å². The molecule has 0 aliphatic heterocycles. The number of aliphatic hydroxyl groups excluding tert-OH is 1. The maximum Gasteiger partial charge on any atom is 0.288 e. The number of nitro groups is 1. The third kappa shape index (κ3) is 3.97. The molecule has 1 heterocycles. The van der Waals surface area contributed by atoms with Gasteiger partial charge in [0.25, 0.3) is 11.2 Å². The summed E-state index contributed by atoms with van der Waals surface area (Å²) < 4.78 is 6.90. The Balaban J connectivity index is 1.82. The van der Waals surface area contributed by atoms with Crippen LogP contribution >= 0.6 is 11.6 Å². The highest BCUT2D eigenvalue weighted by Crippen LogP contribution is 2.27. The smallest absolute Gasteiger partial charge is 0.288 e. The van der Waals surface area contributed by atoms with Crippen molar-refractivity contribution < 1.29 is 14.8 Å². The highest BCUT2D eigenvalue weighted by molar-refractivity contribution is 6.33. The van der Waals surface area contributed by atoms with Crippen LogP contribution in [0.4, 0.5) is 5.69 Å². The molecular formula is C19H18ClN3O5. The Kier molecular flexibility index (Phi) is 5.62. The largest absolute Gasteiger partial charge is 0.490 e. The highest BCUT2D eigenvalue weighted by atomic mass is 35.5. The average molecular weight is 404 g/mol. The predicted molar refractivity (Wildman–Crippen MR) is 105 cm³/mol. The Hall–Kier alpha value is -2.97. The number of rotatable bonds is 6. The first-order valence-electron chi connectivity index (χ1n) is 8.48. The number of nitrogens with zero attached hydrogens (tertiary/aromatic N) is 3. The fourth-order valence-corrected chi connectivity index (χ4v) is 3.15. The van der Waals surface area contributed by atoms with Crippen LogP contribution in [0.1, 0.15) is 11.1 Å². The summed E-state index contributed by atoms with van der Waals surface area (Å²) >= 11 is 5.85. The third-order valence-corrected chi connectivity index (χ3v) is 4.63. The second-order valence-electron chi connectivity index (χ2n) is 6.47. The van der Waals surface area contributed by atoms with E-state index in [1.54, 1.807) is 0 Å². The molecule has 9 heteroatoms. The summed E-state index contributed by atoms with van der Waals surface area (Å²) in [4.78, 5) is 27.1. The maximum atomic E-state index is 12.6. The Morgan fingerprint density at radius 3 is 2.64 bits per heavy atom. The van der Waals surface area contributed by atoms with Gasteiger partial charge in [-0.05, 0) is 31.0 Å². The van der Waals surface area contributed by atoms with Crippen molar-refractivity contribution in [3.8, 4) is 5.75 Å². The quantitative estimate of drug-likeness (QED) is 0.500. The maximum absolute atomic E-state index is 12.6. The van der Waals surface area contributed by atoms with Gasteiger partial charge >= 0.3 is 0 Å². The van der Waals surface area contributed by atoms with Gasteiger partial charge in [-0.25, -0.2) is 4.98 Å². The third-order valence-electron chi connectivity index (χ3n) is 4.33. The standard InChI is InChI=1S/C19H18ClN3O5/c1-11-4-3-5-12(2)18(11)28-9-13(24)8-22-10-21-16-7-15(20)17(23(26)27)6-14(16)19(22)25/h3-7,10,13,24H,8-9H2,1-2H3. The van der Waals surface area contributed by atoms with Crippen LogP contribution in [0.3, 0.4) is 0 Å². The van der Waals surface area contributed by atoms with Gasteiger partial charge in [0.2, 0.25) is 0 Å². The second kappa shape index (κ2) is 7.95. The number of fused-ring (bicyclic) bond motifs is 1. The van der Waals surface area contributed by atoms with Crippen molar-refractivity contribution in [2.24, 2.45) is 0 Å². The zero-order chi connectivity index (χ0) is 20.4. The normalized spacial score (nSPS) is 12.1. The lowest BCUT2D eigenvalue weighted by atomic mass is 10.1. The lowest BCUT2D eigenvalue weighted by Crippen LogP contribution is -2.30. The van der Waals surface area contributed by atoms with E-state index in [1.807, 2.05) is 32.0 Å². The fraction of sp³-hybridized carbons (Fsp3) is 0.263. The van der Waals surface area contributed by atoms with Gasteiger partial charge in [-0.1, -0.05) is 29.8 Å². The number of hydrogen-bond donors (Lipinski definition) is 1. The molecular weight excluding hydrogens is 386 g/mol. The molecule has 0 saturated heterocycles. The number of aryl methyl sites for hydroxylation is 2. The lowest BCUT2D eigenvalue weighted by Gasteiger charge is -2.16. The number of para-hydroxylation sites is 1. The van der Waals surface area contributed by atoms with Gasteiger partial charge < -0.3 is 9.84 Å². The van der Waals surface area contributed by atoms with Crippen molar-refractivity contribution in [1.29, 1.82) is 0 Å². The predicted octanol–water partition coefficient (Wildman–Crippen LogP) is 3.01. The van der Waals surface area contributed by atoms with Crippen LogP contribution in [0.15, 0.2) is 41.5 Å². The molecule has 0 fully saturated rings. The van der Waals surface area contributed by atoms with Gasteiger partial charge in [0.15, 0.2) is 0 Å². The number of aliphatic hydroxyl groups is 1. The SMILES string of the molecule is Cc1cccc(C)c1OCC(O)Cn1cnc2cc(Cl)c([N+](=O)[O-])cc2c1=O. The number of benzene rings is 2. The van der Waals surface area contributed by atoms with E-state index in [-0.39, 0.29) is 34.8 Å². The molecule has 0 amide bonds. The van der Waals surface area contributed by atoms with E-state index in [1.165, 1.54) is 17.0 Å². The van der Waals surface area contributed by atoms with E-state index in [4.69, 9.17) is 16.3 Å². The van der Waals surface area contributed by atoms with Crippen LogP contribution in [0.5, 0.6) is 5.75 Å². The molecule has 3 aromatic rings. The molecule has 0 aliphatic carbocycles. The van der Waals surface area contributed by atoms with Crippen LogP contribution in [0.2, 0.25) is 5.02 Å². The first-order valence-corrected chi connectivity index (χ1v) is 8.86. The van der Waals surface area contributed by atoms with Crippen LogP contribution in [0, 0.1) is 24.0 Å². The first-order chi connectivity index (χ1) is 13.3. The monoisotopic (exact) mass is 403 g/mol. The van der Waals surface area contributed by atoms with Gasteiger partial charge in [-0.15, -0.1) is 0 Å². The molecule has 3 rings (SSSR count). The molecule has 0 spiro atoms. The minimum atomic E-state index is -0.974. The number of aromatic nitrogens is 2. The van der Waals surface area contributed by atoms with Gasteiger partial charge in [0.1, 0.15) is 23.5 Å². The Labute approximate surface area is 165 Å². The van der Waals surface area contributed by atoms with Gasteiger partial charge in [0.05, 0.1) is 28.7 Å². The number of halogens is 1. The Morgan fingerprint density at radius 1 is 1.32 bits per heavy atom. The minimum absolute atomic E-state index is 0.0169. The summed E-state index contributed by atoms with van der Waals surface area (Å²) in [6.45, 7) is 3.73. The van der Waals surface area contributed by atoms with Gasteiger partial charge in [-0.2, -0.15) is 0 Å². The topological polar surface area (TPSA) is 107 Å². The molecule has 1 atom stereocenters. The summed E-state index contributed by atoms with van der Waals surface area (Å²) in [5, 5.41) is 21.3. The van der Waals surface area contributed by atoms with Crippen LogP contribution in [-0.4, -0.2) is 32.3 Å². The van der Waals surface area contributed by atoms with Crippen LogP contribution in [-0.2, 0) is 6.54 Å². The average Bonchev–Trinajstić information content (AvgIpc) is 2.63. The second-order valence-corrected chi connectivity index (χ2v) is 6.87. The van der Waals surface area contributed by atoms with E-state index in [9.17, 15) is 20.0 Å². The summed E-state index contributed by atoms with van der Waals surface area (Å²) in [5.74, 6) is 0.691. The summed E-state index contributed by atoms with van der Waals surface area (Å²) in [5.41, 5.74) is 1.26. The van der Waals surface area contributed by atoms with Gasteiger partial charge in [-0.3, -0.25) is 19.5 Å². The molecule has 28 heavy (non-hydrogen) atoms. The summed E-state index contributed by atoms with van der Waals surface area (Å²) in [7, 11) is 0. The first kappa shape index (κ1) is 19.8. The Morgan fingerprint density at radius 2 is 2.00 bits per heavy atom. The van der Waals surface area contributed by atoms with E-state index in [0.717, 1.165) is 17.2 Å².